The zero-order chi connectivity index (χ0) is 43.9. The SMILES string of the molecule is C[C@H](N)C(=O)N[C@@H](C)[C@H](NC(=O)[C@H](Cc1ccc(C(F)(F)F)cc1)NC(=O)N[C@@H](Cc1c[nH]c2ccccc12)C(=O)O)C(=O)NC[C@H]1C[C@@H](O)[C@H](n2ccc(=O)[nH]c2=O)O1. The molecule has 5 rings (SSSR count). The van der Waals surface area contributed by atoms with Gasteiger partial charge in [0.2, 0.25) is 17.7 Å². The number of fused-ring (bicyclic) bond motifs is 1. The van der Waals surface area contributed by atoms with Crippen molar-refractivity contribution >= 4 is 40.6 Å². The van der Waals surface area contributed by atoms with Gasteiger partial charge in [-0.25, -0.2) is 14.4 Å². The zero-order valence-corrected chi connectivity index (χ0v) is 32.1. The van der Waals surface area contributed by atoms with E-state index in [-0.39, 0.29) is 24.9 Å². The first-order valence-corrected chi connectivity index (χ1v) is 18.6. The first-order chi connectivity index (χ1) is 28.3. The minimum absolute atomic E-state index is 0.0730. The fourth-order valence-corrected chi connectivity index (χ4v) is 6.53. The number of benzene rings is 2. The van der Waals surface area contributed by atoms with Crippen LogP contribution in [-0.4, -0.2) is 103 Å². The van der Waals surface area contributed by atoms with E-state index < -0.39 is 108 Å². The van der Waals surface area contributed by atoms with Gasteiger partial charge in [0.15, 0.2) is 6.23 Å². The van der Waals surface area contributed by atoms with Crippen LogP contribution in [0, 0.1) is 0 Å². The van der Waals surface area contributed by atoms with Gasteiger partial charge in [0.1, 0.15) is 24.2 Å². The van der Waals surface area contributed by atoms with Crippen molar-refractivity contribution in [2.45, 2.75) is 87.9 Å². The van der Waals surface area contributed by atoms with Gasteiger partial charge in [-0.1, -0.05) is 30.3 Å². The smallest absolute Gasteiger partial charge is 0.416 e. The van der Waals surface area contributed by atoms with Crippen molar-refractivity contribution in [2.24, 2.45) is 5.73 Å². The number of ether oxygens (including phenoxy) is 1. The fourth-order valence-electron chi connectivity index (χ4n) is 6.53. The predicted octanol–water partition coefficient (Wildman–Crippen LogP) is -0.256. The standard InChI is InChI=1S/C38H44F3N9O10/c1-18(42)31(53)45-19(2)30(33(55)44-17-23-15-28(51)34(60-23)50-12-11-29(52)48-37(50)59)49-32(54)26(13-20-7-9-22(10-8-20)38(39,40)41)46-36(58)47-27(35(56)57)14-21-16-43-25-6-4-3-5-24(21)25/h3-12,16,18-19,23,26-28,30,34,43,51H,13-15,17,42H2,1-2H3,(H,44,55)(H,45,53)(H,49,54)(H,56,57)(H2,46,47,58)(H,48,52,59)/t18-,19-,23+,26-,27-,28+,30-,34+/m0/s1. The maximum atomic E-state index is 14.0. The van der Waals surface area contributed by atoms with Gasteiger partial charge in [0.05, 0.1) is 23.8 Å². The Bertz CT molecular complexity index is 2310. The second-order valence-corrected chi connectivity index (χ2v) is 14.3. The van der Waals surface area contributed by atoms with Crippen LogP contribution in [0.5, 0.6) is 0 Å². The molecule has 8 atom stereocenters. The molecule has 322 valence electrons. The molecule has 0 spiro atoms. The van der Waals surface area contributed by atoms with Gasteiger partial charge in [-0.3, -0.25) is 28.7 Å². The number of hydrogen-bond acceptors (Lipinski definition) is 10. The summed E-state index contributed by atoms with van der Waals surface area (Å²) < 4.78 is 46.7. The third kappa shape index (κ3) is 11.4. The molecule has 0 bridgehead atoms. The van der Waals surface area contributed by atoms with Crippen molar-refractivity contribution in [3.8, 4) is 0 Å². The number of aliphatic hydroxyl groups is 1. The van der Waals surface area contributed by atoms with Crippen LogP contribution in [0.1, 0.15) is 43.2 Å². The van der Waals surface area contributed by atoms with Crippen molar-refractivity contribution < 1.29 is 52.1 Å². The molecular formula is C38H44F3N9O10. The molecule has 2 aromatic heterocycles. The van der Waals surface area contributed by atoms with E-state index in [4.69, 9.17) is 10.5 Å². The lowest BCUT2D eigenvalue weighted by molar-refractivity contribution is -0.139. The van der Waals surface area contributed by atoms with Crippen LogP contribution in [0.15, 0.2) is 76.6 Å². The summed E-state index contributed by atoms with van der Waals surface area (Å²) in [4.78, 5) is 94.9. The maximum Gasteiger partial charge on any atom is 0.416 e. The summed E-state index contributed by atoms with van der Waals surface area (Å²) in [6.07, 6.45) is -5.98. The molecular weight excluding hydrogens is 799 g/mol. The number of aromatic amines is 2. The highest BCUT2D eigenvalue weighted by Gasteiger charge is 2.38. The number of halogens is 3. The lowest BCUT2D eigenvalue weighted by Crippen LogP contribution is -2.62. The van der Waals surface area contributed by atoms with E-state index in [1.165, 1.54) is 13.8 Å². The zero-order valence-electron chi connectivity index (χ0n) is 32.1. The number of para-hydroxylation sites is 1. The normalized spacial score (nSPS) is 19.0. The molecule has 1 saturated heterocycles. The van der Waals surface area contributed by atoms with E-state index in [1.807, 2.05) is 4.98 Å². The molecule has 0 saturated carbocycles. The monoisotopic (exact) mass is 843 g/mol. The number of nitrogens with two attached hydrogens (primary N) is 1. The summed E-state index contributed by atoms with van der Waals surface area (Å²) in [5.41, 5.74) is 4.63. The summed E-state index contributed by atoms with van der Waals surface area (Å²) >= 11 is 0. The number of H-pyrrole nitrogens is 2. The summed E-state index contributed by atoms with van der Waals surface area (Å²) in [6.45, 7) is 2.45. The summed E-state index contributed by atoms with van der Waals surface area (Å²) in [5.74, 6) is -4.07. The van der Waals surface area contributed by atoms with Gasteiger partial charge >= 0.3 is 23.9 Å². The number of aliphatic carboxylic acids is 1. The highest BCUT2D eigenvalue weighted by atomic mass is 19.4. The second kappa shape index (κ2) is 19.0. The molecule has 11 N–H and O–H groups in total. The van der Waals surface area contributed by atoms with Gasteiger partial charge in [-0.2, -0.15) is 13.2 Å². The number of aromatic nitrogens is 3. The topological polar surface area (TPSA) is 292 Å². The van der Waals surface area contributed by atoms with Gasteiger partial charge in [-0.05, 0) is 43.2 Å². The molecule has 0 radical (unpaired) electrons. The van der Waals surface area contributed by atoms with Crippen LogP contribution >= 0.6 is 0 Å². The van der Waals surface area contributed by atoms with E-state index in [2.05, 4.69) is 31.6 Å². The van der Waals surface area contributed by atoms with Gasteiger partial charge in [0.25, 0.3) is 5.56 Å². The Morgan fingerprint density at radius 2 is 1.60 bits per heavy atom. The van der Waals surface area contributed by atoms with Gasteiger partial charge < -0.3 is 52.3 Å². The highest BCUT2D eigenvalue weighted by Crippen LogP contribution is 2.29. The third-order valence-electron chi connectivity index (χ3n) is 9.70. The van der Waals surface area contributed by atoms with Crippen molar-refractivity contribution in [1.82, 2.24) is 41.1 Å². The molecule has 4 aromatic rings. The number of carboxylic acids is 1. The molecule has 1 aliphatic heterocycles. The Kier molecular flexibility index (Phi) is 14.1. The lowest BCUT2D eigenvalue weighted by Gasteiger charge is -2.29. The molecule has 22 heteroatoms. The minimum Gasteiger partial charge on any atom is -0.480 e. The second-order valence-electron chi connectivity index (χ2n) is 14.3. The van der Waals surface area contributed by atoms with Gasteiger partial charge in [0, 0.05) is 55.2 Å². The van der Waals surface area contributed by atoms with E-state index in [1.54, 1.807) is 30.5 Å². The molecule has 1 aliphatic rings. The minimum atomic E-state index is -4.67. The van der Waals surface area contributed by atoms with Crippen molar-refractivity contribution in [3.05, 3.63) is 105 Å². The number of nitrogens with zero attached hydrogens (tertiary/aromatic N) is 1. The van der Waals surface area contributed by atoms with Crippen LogP contribution in [-0.2, 0) is 42.9 Å². The van der Waals surface area contributed by atoms with Crippen LogP contribution in [0.4, 0.5) is 18.0 Å². The molecule has 60 heavy (non-hydrogen) atoms. The van der Waals surface area contributed by atoms with Crippen LogP contribution in [0.3, 0.4) is 0 Å². The molecule has 3 heterocycles. The number of carbonyl (C=O) groups is 5. The van der Waals surface area contributed by atoms with E-state index >= 15 is 0 Å². The molecule has 0 unspecified atom stereocenters. The van der Waals surface area contributed by atoms with E-state index in [0.717, 1.165) is 46.6 Å². The summed E-state index contributed by atoms with van der Waals surface area (Å²) in [6, 6.07) is 3.71. The van der Waals surface area contributed by atoms with Crippen LogP contribution in [0.25, 0.3) is 10.9 Å². The lowest BCUT2D eigenvalue weighted by atomic mass is 10.0. The number of carbonyl (C=O) groups excluding carboxylic acids is 4. The average molecular weight is 844 g/mol. The number of rotatable bonds is 16. The molecule has 1 fully saturated rings. The number of aliphatic hydroxyl groups excluding tert-OH is 1. The Morgan fingerprint density at radius 1 is 0.917 bits per heavy atom. The maximum absolute atomic E-state index is 14.0. The van der Waals surface area contributed by atoms with Crippen LogP contribution in [0.2, 0.25) is 0 Å². The quantitative estimate of drug-likeness (QED) is 0.0702. The Balaban J connectivity index is 1.35. The Morgan fingerprint density at radius 3 is 2.25 bits per heavy atom. The number of nitrogens with one attached hydrogen (secondary N) is 7. The summed E-state index contributed by atoms with van der Waals surface area (Å²) in [7, 11) is 0. The first kappa shape index (κ1) is 44.6. The molecule has 0 aliphatic carbocycles. The van der Waals surface area contributed by atoms with Crippen molar-refractivity contribution in [3.63, 3.8) is 0 Å². The molecule has 19 nitrogen and oxygen atoms in total. The Labute approximate surface area is 338 Å². The van der Waals surface area contributed by atoms with Crippen molar-refractivity contribution in [1.29, 1.82) is 0 Å². The largest absolute Gasteiger partial charge is 0.480 e. The predicted molar refractivity (Wildman–Crippen MR) is 206 cm³/mol. The van der Waals surface area contributed by atoms with Crippen molar-refractivity contribution in [2.75, 3.05) is 6.54 Å². The third-order valence-corrected chi connectivity index (χ3v) is 9.70. The number of urea groups is 1. The highest BCUT2D eigenvalue weighted by molar-refractivity contribution is 5.94. The number of carboxylic acid groups (broad SMARTS) is 1. The first-order valence-electron chi connectivity index (χ1n) is 18.6. The number of hydrogen-bond donors (Lipinski definition) is 10. The fraction of sp³-hybridized carbons (Fsp3) is 0.395. The number of alkyl halides is 3. The van der Waals surface area contributed by atoms with E-state index in [9.17, 15) is 56.9 Å². The Hall–Kier alpha value is -6.52. The van der Waals surface area contributed by atoms with E-state index in [0.29, 0.717) is 10.9 Å². The number of amides is 5. The van der Waals surface area contributed by atoms with Gasteiger partial charge in [-0.15, -0.1) is 0 Å². The summed E-state index contributed by atoms with van der Waals surface area (Å²) in [5, 5.41) is 33.5. The average Bonchev–Trinajstić information content (AvgIpc) is 3.77. The molecule has 2 aromatic carbocycles. The molecule has 5 amide bonds. The van der Waals surface area contributed by atoms with Crippen LogP contribution < -0.4 is 43.6 Å².